The number of ether oxygens (including phenoxy) is 1. The summed E-state index contributed by atoms with van der Waals surface area (Å²) in [6.07, 6.45) is -6.05. The van der Waals surface area contributed by atoms with Crippen molar-refractivity contribution in [2.45, 2.75) is 43.5 Å². The third kappa shape index (κ3) is 7.43. The predicted octanol–water partition coefficient (Wildman–Crippen LogP) is 1.91. The van der Waals surface area contributed by atoms with E-state index >= 15 is 0 Å². The second-order valence-corrected chi connectivity index (χ2v) is 8.36. The average molecular weight is 526 g/mol. The third-order valence-electron chi connectivity index (χ3n) is 5.98. The standard InChI is InChI=1S/C25H30F3N3O6/c1-29-22(33)20(15-17-11-13-18(37-2)14-12-17)30-21(32)19(10-6-9-16-7-4-3-5-8-16)24(35,23(34)31-36)25(26,27)28/h3-5,7-8,11-14,19-20,35-36H,6,9-10,15H2,1-2H3,(H,29,33)(H,30,32)(H,31,34)/t19-,20-,24-/m0/s1. The molecule has 0 saturated heterocycles. The molecule has 37 heavy (non-hydrogen) atoms. The second kappa shape index (κ2) is 13.1. The molecule has 0 saturated carbocycles. The Kier molecular flexibility index (Phi) is 10.4. The van der Waals surface area contributed by atoms with Crippen LogP contribution >= 0.6 is 0 Å². The van der Waals surface area contributed by atoms with Gasteiger partial charge in [-0.2, -0.15) is 13.2 Å². The van der Waals surface area contributed by atoms with Gasteiger partial charge in [0.15, 0.2) is 0 Å². The summed E-state index contributed by atoms with van der Waals surface area (Å²) in [6.45, 7) is 0. The van der Waals surface area contributed by atoms with E-state index in [2.05, 4.69) is 10.6 Å². The van der Waals surface area contributed by atoms with Crippen molar-refractivity contribution in [3.05, 3.63) is 65.7 Å². The number of nitrogens with one attached hydrogen (secondary N) is 3. The number of aryl methyl sites for hydroxylation is 1. The molecule has 0 fully saturated rings. The van der Waals surface area contributed by atoms with Crippen molar-refractivity contribution in [3.63, 3.8) is 0 Å². The normalized spacial score (nSPS) is 14.6. The molecule has 0 spiro atoms. The van der Waals surface area contributed by atoms with E-state index in [1.54, 1.807) is 54.6 Å². The third-order valence-corrected chi connectivity index (χ3v) is 5.98. The number of halogens is 3. The topological polar surface area (TPSA) is 137 Å². The average Bonchev–Trinajstić information content (AvgIpc) is 2.89. The number of hydrogen-bond donors (Lipinski definition) is 5. The zero-order valence-corrected chi connectivity index (χ0v) is 20.3. The number of benzene rings is 2. The lowest BCUT2D eigenvalue weighted by molar-refractivity contribution is -0.269. The Hall–Kier alpha value is -3.64. The van der Waals surface area contributed by atoms with Gasteiger partial charge in [-0.05, 0) is 42.5 Å². The Morgan fingerprint density at radius 3 is 2.11 bits per heavy atom. The van der Waals surface area contributed by atoms with Crippen LogP contribution in [-0.4, -0.2) is 60.0 Å². The number of alkyl halides is 3. The molecule has 0 aliphatic rings. The summed E-state index contributed by atoms with van der Waals surface area (Å²) in [5, 5.41) is 24.1. The van der Waals surface area contributed by atoms with Crippen LogP contribution in [0.2, 0.25) is 0 Å². The molecular formula is C25H30F3N3O6. The molecule has 0 unspecified atom stereocenters. The van der Waals surface area contributed by atoms with E-state index in [0.29, 0.717) is 11.3 Å². The summed E-state index contributed by atoms with van der Waals surface area (Å²) >= 11 is 0. The van der Waals surface area contributed by atoms with E-state index in [9.17, 15) is 32.7 Å². The molecule has 2 rings (SSSR count). The van der Waals surface area contributed by atoms with Crippen LogP contribution in [0.1, 0.15) is 24.0 Å². The monoisotopic (exact) mass is 525 g/mol. The number of amides is 3. The molecular weight excluding hydrogens is 495 g/mol. The van der Waals surface area contributed by atoms with E-state index < -0.39 is 47.9 Å². The van der Waals surface area contributed by atoms with Gasteiger partial charge >= 0.3 is 6.18 Å². The van der Waals surface area contributed by atoms with Crippen molar-refractivity contribution in [3.8, 4) is 5.75 Å². The number of methoxy groups -OCH3 is 1. The van der Waals surface area contributed by atoms with E-state index in [4.69, 9.17) is 9.94 Å². The molecule has 3 amide bonds. The van der Waals surface area contributed by atoms with Gasteiger partial charge in [0.1, 0.15) is 11.8 Å². The van der Waals surface area contributed by atoms with Gasteiger partial charge in [-0.3, -0.25) is 19.6 Å². The van der Waals surface area contributed by atoms with E-state index in [-0.39, 0.29) is 19.3 Å². The van der Waals surface area contributed by atoms with E-state index in [1.807, 2.05) is 0 Å². The fourth-order valence-corrected chi connectivity index (χ4v) is 3.91. The Morgan fingerprint density at radius 2 is 1.59 bits per heavy atom. The fraction of sp³-hybridized carbons (Fsp3) is 0.400. The molecule has 0 bridgehead atoms. The molecule has 12 heteroatoms. The number of carbonyl (C=O) groups is 3. The van der Waals surface area contributed by atoms with Gasteiger partial charge in [0.25, 0.3) is 11.5 Å². The van der Waals surface area contributed by atoms with Gasteiger partial charge in [0.2, 0.25) is 11.8 Å². The molecule has 0 radical (unpaired) electrons. The number of rotatable bonds is 12. The first-order valence-corrected chi connectivity index (χ1v) is 11.4. The van der Waals surface area contributed by atoms with Crippen LogP contribution in [0.4, 0.5) is 13.2 Å². The molecule has 0 heterocycles. The highest BCUT2D eigenvalue weighted by atomic mass is 19.4. The lowest BCUT2D eigenvalue weighted by Crippen LogP contribution is -2.65. The van der Waals surface area contributed by atoms with Gasteiger partial charge in [-0.1, -0.05) is 42.5 Å². The highest BCUT2D eigenvalue weighted by Gasteiger charge is 2.66. The fourth-order valence-electron chi connectivity index (χ4n) is 3.91. The highest BCUT2D eigenvalue weighted by molar-refractivity contribution is 5.95. The van der Waals surface area contributed by atoms with E-state index in [0.717, 1.165) is 11.0 Å². The summed E-state index contributed by atoms with van der Waals surface area (Å²) in [5.74, 6) is -6.11. The van der Waals surface area contributed by atoms with Crippen molar-refractivity contribution in [2.75, 3.05) is 14.2 Å². The SMILES string of the molecule is CNC(=O)[C@H](Cc1ccc(OC)cc1)NC(=O)[C@H](CCCc1ccccc1)[C@](O)(C(=O)NO)C(F)(F)F. The minimum Gasteiger partial charge on any atom is -0.497 e. The molecule has 0 aliphatic heterocycles. The summed E-state index contributed by atoms with van der Waals surface area (Å²) in [4.78, 5) is 37.8. The molecule has 202 valence electrons. The Bertz CT molecular complexity index is 1050. The first kappa shape index (κ1) is 29.6. The van der Waals surface area contributed by atoms with Crippen LogP contribution in [0.5, 0.6) is 5.75 Å². The number of aliphatic hydroxyl groups is 1. The van der Waals surface area contributed by atoms with Gasteiger partial charge in [-0.15, -0.1) is 0 Å². The Labute approximate surface area is 212 Å². The summed E-state index contributed by atoms with van der Waals surface area (Å²) in [5.41, 5.74) is -2.11. The number of hydroxylamine groups is 1. The lowest BCUT2D eigenvalue weighted by atomic mass is 9.80. The number of hydrogen-bond acceptors (Lipinski definition) is 6. The van der Waals surface area contributed by atoms with Crippen LogP contribution in [-0.2, 0) is 27.2 Å². The Balaban J connectivity index is 2.35. The van der Waals surface area contributed by atoms with E-state index in [1.165, 1.54) is 14.2 Å². The summed E-state index contributed by atoms with van der Waals surface area (Å²) in [6, 6.07) is 13.8. The predicted molar refractivity (Wildman–Crippen MR) is 126 cm³/mol. The first-order chi connectivity index (χ1) is 17.5. The summed E-state index contributed by atoms with van der Waals surface area (Å²) < 4.78 is 47.0. The largest absolute Gasteiger partial charge is 0.497 e. The van der Waals surface area contributed by atoms with Crippen molar-refractivity contribution >= 4 is 17.7 Å². The minimum atomic E-state index is -5.62. The number of carbonyl (C=O) groups excluding carboxylic acids is 3. The van der Waals surface area contributed by atoms with Crippen molar-refractivity contribution in [1.82, 2.24) is 16.1 Å². The molecule has 3 atom stereocenters. The van der Waals surface area contributed by atoms with Crippen molar-refractivity contribution < 1.29 is 42.6 Å². The quantitative estimate of drug-likeness (QED) is 0.212. The van der Waals surface area contributed by atoms with Crippen LogP contribution in [0.15, 0.2) is 54.6 Å². The van der Waals surface area contributed by atoms with Crippen LogP contribution in [0, 0.1) is 5.92 Å². The maximum Gasteiger partial charge on any atom is 0.427 e. The molecule has 2 aromatic carbocycles. The zero-order chi connectivity index (χ0) is 27.6. The van der Waals surface area contributed by atoms with Gasteiger partial charge in [0, 0.05) is 13.5 Å². The van der Waals surface area contributed by atoms with Crippen molar-refractivity contribution in [1.29, 1.82) is 0 Å². The molecule has 5 N–H and O–H groups in total. The zero-order valence-electron chi connectivity index (χ0n) is 20.3. The maximum atomic E-state index is 14.0. The molecule has 0 aromatic heterocycles. The van der Waals surface area contributed by atoms with Gasteiger partial charge in [0.05, 0.1) is 13.0 Å². The maximum absolute atomic E-state index is 14.0. The smallest absolute Gasteiger partial charge is 0.427 e. The number of likely N-dealkylation sites (N-methyl/N-ethyl adjacent to an activating group) is 1. The molecule has 0 aliphatic carbocycles. The van der Waals surface area contributed by atoms with Crippen LogP contribution in [0.25, 0.3) is 0 Å². The highest BCUT2D eigenvalue weighted by Crippen LogP contribution is 2.39. The Morgan fingerprint density at radius 1 is 0.973 bits per heavy atom. The van der Waals surface area contributed by atoms with Crippen LogP contribution < -0.4 is 20.9 Å². The molecule has 2 aromatic rings. The second-order valence-electron chi connectivity index (χ2n) is 8.36. The summed E-state index contributed by atoms with van der Waals surface area (Å²) in [7, 11) is 2.75. The minimum absolute atomic E-state index is 0.0116. The van der Waals surface area contributed by atoms with Gasteiger partial charge < -0.3 is 20.5 Å². The first-order valence-electron chi connectivity index (χ1n) is 11.4. The molecule has 9 nitrogen and oxygen atoms in total. The van der Waals surface area contributed by atoms with Crippen LogP contribution in [0.3, 0.4) is 0 Å². The van der Waals surface area contributed by atoms with Gasteiger partial charge in [-0.25, -0.2) is 5.48 Å². The lowest BCUT2D eigenvalue weighted by Gasteiger charge is -2.35. The van der Waals surface area contributed by atoms with Crippen molar-refractivity contribution in [2.24, 2.45) is 5.92 Å².